The number of anilines is 1. The van der Waals surface area contributed by atoms with Crippen molar-refractivity contribution in [3.63, 3.8) is 0 Å². The molecule has 0 saturated heterocycles. The van der Waals surface area contributed by atoms with Gasteiger partial charge in [-0.2, -0.15) is 0 Å². The van der Waals surface area contributed by atoms with Crippen molar-refractivity contribution in [3.05, 3.63) is 24.3 Å². The number of hydrogen-bond donors (Lipinski definition) is 1. The van der Waals surface area contributed by atoms with E-state index in [1.165, 1.54) is 0 Å². The summed E-state index contributed by atoms with van der Waals surface area (Å²) in [6, 6.07) is 7.48. The molecule has 0 atom stereocenters. The molecule has 1 aliphatic rings. The molecule has 1 saturated carbocycles. The van der Waals surface area contributed by atoms with Gasteiger partial charge in [0.2, 0.25) is 11.8 Å². The van der Waals surface area contributed by atoms with Crippen molar-refractivity contribution in [2.24, 2.45) is 11.8 Å². The molecule has 27 heavy (non-hydrogen) atoms. The summed E-state index contributed by atoms with van der Waals surface area (Å²) < 4.78 is 5.62. The van der Waals surface area contributed by atoms with Crippen molar-refractivity contribution in [1.82, 2.24) is 4.90 Å². The minimum atomic E-state index is -0.0124. The van der Waals surface area contributed by atoms with Crippen molar-refractivity contribution < 1.29 is 14.3 Å². The van der Waals surface area contributed by atoms with Gasteiger partial charge in [-0.1, -0.05) is 13.3 Å². The molecule has 2 amide bonds. The fraction of sp³-hybridized carbons (Fsp3) is 0.636. The molecule has 5 heteroatoms. The quantitative estimate of drug-likeness (QED) is 0.730. The molecule has 150 valence electrons. The molecule has 0 radical (unpaired) electrons. The van der Waals surface area contributed by atoms with Crippen LogP contribution in [0.1, 0.15) is 59.3 Å². The minimum Gasteiger partial charge on any atom is -0.491 e. The first kappa shape index (κ1) is 21.3. The summed E-state index contributed by atoms with van der Waals surface area (Å²) >= 11 is 0. The third-order valence-electron chi connectivity index (χ3n) is 5.16. The molecule has 1 aromatic rings. The highest BCUT2D eigenvalue weighted by atomic mass is 16.5. The van der Waals surface area contributed by atoms with E-state index < -0.39 is 0 Å². The van der Waals surface area contributed by atoms with Crippen LogP contribution in [-0.4, -0.2) is 36.4 Å². The fourth-order valence-corrected chi connectivity index (χ4v) is 3.55. The lowest BCUT2D eigenvalue weighted by atomic mass is 9.81. The van der Waals surface area contributed by atoms with Crippen molar-refractivity contribution >= 4 is 17.5 Å². The molecule has 0 bridgehead atoms. The van der Waals surface area contributed by atoms with Gasteiger partial charge in [-0.15, -0.1) is 0 Å². The first-order valence-electron chi connectivity index (χ1n) is 10.2. The molecule has 0 aromatic heterocycles. The van der Waals surface area contributed by atoms with Gasteiger partial charge in [-0.25, -0.2) is 0 Å². The maximum absolute atomic E-state index is 12.5. The molecular formula is C22H34N2O3. The van der Waals surface area contributed by atoms with Crippen LogP contribution in [-0.2, 0) is 9.59 Å². The van der Waals surface area contributed by atoms with Crippen LogP contribution in [0.3, 0.4) is 0 Å². The number of benzene rings is 1. The number of hydrogen-bond acceptors (Lipinski definition) is 3. The smallest absolute Gasteiger partial charge is 0.227 e. The lowest BCUT2D eigenvalue weighted by Gasteiger charge is -2.30. The monoisotopic (exact) mass is 374 g/mol. The Morgan fingerprint density at radius 2 is 1.70 bits per heavy atom. The third-order valence-corrected chi connectivity index (χ3v) is 5.16. The summed E-state index contributed by atoms with van der Waals surface area (Å²) in [7, 11) is 1.89. The number of rotatable bonds is 8. The van der Waals surface area contributed by atoms with E-state index in [2.05, 4.69) is 12.2 Å². The number of carbonyl (C=O) groups excluding carboxylic acids is 2. The summed E-state index contributed by atoms with van der Waals surface area (Å²) in [6.45, 7) is 6.93. The van der Waals surface area contributed by atoms with E-state index in [9.17, 15) is 9.59 Å². The van der Waals surface area contributed by atoms with E-state index in [-0.39, 0.29) is 29.8 Å². The normalized spacial score (nSPS) is 19.6. The van der Waals surface area contributed by atoms with Gasteiger partial charge >= 0.3 is 0 Å². The van der Waals surface area contributed by atoms with Gasteiger partial charge in [0.1, 0.15) is 5.75 Å². The average Bonchev–Trinajstić information content (AvgIpc) is 2.66. The molecule has 1 aliphatic carbocycles. The number of ether oxygens (including phenoxy) is 1. The average molecular weight is 375 g/mol. The molecule has 0 spiro atoms. The van der Waals surface area contributed by atoms with E-state index in [0.717, 1.165) is 56.5 Å². The summed E-state index contributed by atoms with van der Waals surface area (Å²) in [5.41, 5.74) is 0.786. The number of nitrogens with one attached hydrogen (secondary N) is 1. The molecule has 0 unspecified atom stereocenters. The zero-order chi connectivity index (χ0) is 19.8. The third kappa shape index (κ3) is 6.56. The number of unbranched alkanes of at least 4 members (excludes halogenated alkanes) is 1. The van der Waals surface area contributed by atoms with E-state index in [4.69, 9.17) is 4.74 Å². The van der Waals surface area contributed by atoms with Crippen LogP contribution in [0.5, 0.6) is 5.75 Å². The predicted octanol–water partition coefficient (Wildman–Crippen LogP) is 4.48. The predicted molar refractivity (Wildman–Crippen MR) is 109 cm³/mol. The van der Waals surface area contributed by atoms with Crippen LogP contribution < -0.4 is 10.1 Å². The lowest BCUT2D eigenvalue weighted by Crippen LogP contribution is -2.37. The van der Waals surface area contributed by atoms with E-state index in [1.807, 2.05) is 50.1 Å². The second-order valence-corrected chi connectivity index (χ2v) is 7.84. The molecule has 0 heterocycles. The Morgan fingerprint density at radius 1 is 1.11 bits per heavy atom. The second-order valence-electron chi connectivity index (χ2n) is 7.84. The zero-order valence-corrected chi connectivity index (χ0v) is 17.2. The number of nitrogens with zero attached hydrogens (tertiary/aromatic N) is 1. The van der Waals surface area contributed by atoms with Gasteiger partial charge in [0.05, 0.1) is 6.10 Å². The molecule has 5 nitrogen and oxygen atoms in total. The number of carbonyl (C=O) groups is 2. The standard InChI is InChI=1S/C22H34N2O3/c1-5-6-15-24(4)22(26)18-9-7-17(8-10-18)21(25)23-19-11-13-20(14-12-19)27-16(2)3/h11-14,16-18H,5-10,15H2,1-4H3,(H,23,25). The highest BCUT2D eigenvalue weighted by Gasteiger charge is 2.31. The summed E-state index contributed by atoms with van der Waals surface area (Å²) in [6.07, 6.45) is 5.42. The number of amides is 2. The van der Waals surface area contributed by atoms with Gasteiger partial charge < -0.3 is 15.0 Å². The Labute approximate surface area is 163 Å². The Morgan fingerprint density at radius 3 is 2.26 bits per heavy atom. The molecule has 1 fully saturated rings. The van der Waals surface area contributed by atoms with Crippen LogP contribution >= 0.6 is 0 Å². The fourth-order valence-electron chi connectivity index (χ4n) is 3.55. The van der Waals surface area contributed by atoms with Crippen LogP contribution in [0.4, 0.5) is 5.69 Å². The van der Waals surface area contributed by atoms with Crippen LogP contribution in [0, 0.1) is 11.8 Å². The summed E-state index contributed by atoms with van der Waals surface area (Å²) in [5.74, 6) is 1.15. The van der Waals surface area contributed by atoms with Gasteiger partial charge in [0, 0.05) is 31.1 Å². The van der Waals surface area contributed by atoms with Crippen molar-refractivity contribution in [2.45, 2.75) is 65.4 Å². The van der Waals surface area contributed by atoms with Crippen LogP contribution in [0.25, 0.3) is 0 Å². The van der Waals surface area contributed by atoms with Gasteiger partial charge in [-0.3, -0.25) is 9.59 Å². The SMILES string of the molecule is CCCCN(C)C(=O)C1CCC(C(=O)Nc2ccc(OC(C)C)cc2)CC1. The highest BCUT2D eigenvalue weighted by Crippen LogP contribution is 2.31. The van der Waals surface area contributed by atoms with Gasteiger partial charge in [0.25, 0.3) is 0 Å². The van der Waals surface area contributed by atoms with Gasteiger partial charge in [0.15, 0.2) is 0 Å². The van der Waals surface area contributed by atoms with Crippen LogP contribution in [0.15, 0.2) is 24.3 Å². The maximum Gasteiger partial charge on any atom is 0.227 e. The molecule has 1 aromatic carbocycles. The summed E-state index contributed by atoms with van der Waals surface area (Å²) in [5, 5.41) is 3.00. The van der Waals surface area contributed by atoms with Crippen molar-refractivity contribution in [3.8, 4) is 5.75 Å². The highest BCUT2D eigenvalue weighted by molar-refractivity contribution is 5.92. The van der Waals surface area contributed by atoms with Gasteiger partial charge in [-0.05, 0) is 70.2 Å². The first-order chi connectivity index (χ1) is 12.9. The lowest BCUT2D eigenvalue weighted by molar-refractivity contribution is -0.136. The molecule has 1 N–H and O–H groups in total. The van der Waals surface area contributed by atoms with Crippen molar-refractivity contribution in [1.29, 1.82) is 0 Å². The van der Waals surface area contributed by atoms with E-state index >= 15 is 0 Å². The Hall–Kier alpha value is -2.04. The largest absolute Gasteiger partial charge is 0.491 e. The zero-order valence-electron chi connectivity index (χ0n) is 17.2. The summed E-state index contributed by atoms with van der Waals surface area (Å²) in [4.78, 5) is 26.9. The molecular weight excluding hydrogens is 340 g/mol. The van der Waals surface area contributed by atoms with Crippen molar-refractivity contribution in [2.75, 3.05) is 18.9 Å². The Kier molecular flexibility index (Phi) is 8.14. The maximum atomic E-state index is 12.5. The topological polar surface area (TPSA) is 58.6 Å². The first-order valence-corrected chi connectivity index (χ1v) is 10.2. The molecule has 2 rings (SSSR count). The van der Waals surface area contributed by atoms with E-state index in [1.54, 1.807) is 0 Å². The Bertz CT molecular complexity index is 604. The Balaban J connectivity index is 1.80. The van der Waals surface area contributed by atoms with Crippen LogP contribution in [0.2, 0.25) is 0 Å². The second kappa shape index (κ2) is 10.3. The minimum absolute atomic E-state index is 0.0124. The van der Waals surface area contributed by atoms with E-state index in [0.29, 0.717) is 0 Å². The molecule has 0 aliphatic heterocycles.